The molecule has 0 N–H and O–H groups in total. The summed E-state index contributed by atoms with van der Waals surface area (Å²) >= 11 is 4.81. The lowest BCUT2D eigenvalue weighted by Crippen LogP contribution is -1.95. The average Bonchev–Trinajstić information content (AvgIpc) is 3.39. The van der Waals surface area contributed by atoms with Gasteiger partial charge in [-0.25, -0.2) is 4.98 Å². The molecule has 0 aliphatic rings. The molecule has 1 aromatic carbocycles. The number of hydrogen-bond donors (Lipinski definition) is 0. The van der Waals surface area contributed by atoms with Crippen LogP contribution in [0.15, 0.2) is 56.1 Å². The van der Waals surface area contributed by atoms with Crippen LogP contribution in [0.25, 0.3) is 10.6 Å². The molecule has 0 saturated heterocycles. The van der Waals surface area contributed by atoms with Crippen LogP contribution in [0.4, 0.5) is 0 Å². The number of nitrogens with zero attached hydrogens (tertiary/aromatic N) is 3. The number of thioether (sulfide) groups is 1. The van der Waals surface area contributed by atoms with Gasteiger partial charge < -0.3 is 9.15 Å². The summed E-state index contributed by atoms with van der Waals surface area (Å²) in [6, 6.07) is 9.94. The quantitative estimate of drug-likeness (QED) is 0.385. The van der Waals surface area contributed by atoms with E-state index in [-0.39, 0.29) is 6.61 Å². The molecule has 0 fully saturated rings. The first-order valence-electron chi connectivity index (χ1n) is 7.88. The maximum Gasteiger partial charge on any atom is 0.277 e. The van der Waals surface area contributed by atoms with Crippen molar-refractivity contribution >= 4 is 34.4 Å². The van der Waals surface area contributed by atoms with Gasteiger partial charge in [0.25, 0.3) is 11.1 Å². The summed E-state index contributed by atoms with van der Waals surface area (Å²) in [5.74, 6) is 1.95. The fourth-order valence-electron chi connectivity index (χ4n) is 2.23. The molecule has 26 heavy (non-hydrogen) atoms. The molecule has 0 amide bonds. The van der Waals surface area contributed by atoms with Crippen LogP contribution in [-0.4, -0.2) is 15.2 Å². The molecule has 0 unspecified atom stereocenters. The van der Waals surface area contributed by atoms with E-state index in [1.165, 1.54) is 17.3 Å². The van der Waals surface area contributed by atoms with Crippen LogP contribution < -0.4 is 4.74 Å². The van der Waals surface area contributed by atoms with E-state index in [1.807, 2.05) is 31.2 Å². The van der Waals surface area contributed by atoms with Crippen molar-refractivity contribution in [3.05, 3.63) is 63.6 Å². The van der Waals surface area contributed by atoms with Gasteiger partial charge in [0.05, 0.1) is 5.69 Å². The SMILES string of the molecule is Cc1cccc(OCc2nnc(SCc3csc(-c4ccsc4)n3)o2)c1. The van der Waals surface area contributed by atoms with Crippen LogP contribution in [0.5, 0.6) is 5.75 Å². The first-order valence-corrected chi connectivity index (χ1v) is 10.7. The second-order valence-corrected chi connectivity index (χ2v) is 8.08. The van der Waals surface area contributed by atoms with Gasteiger partial charge in [-0.3, -0.25) is 0 Å². The van der Waals surface area contributed by atoms with Gasteiger partial charge in [0.15, 0.2) is 6.61 Å². The maximum atomic E-state index is 5.68. The Morgan fingerprint density at radius 2 is 2.15 bits per heavy atom. The van der Waals surface area contributed by atoms with E-state index in [0.29, 0.717) is 16.9 Å². The Kier molecular flexibility index (Phi) is 5.33. The molecular weight excluding hydrogens is 386 g/mol. The zero-order valence-electron chi connectivity index (χ0n) is 13.9. The van der Waals surface area contributed by atoms with Gasteiger partial charge in [-0.1, -0.05) is 23.9 Å². The Labute approximate surface area is 163 Å². The van der Waals surface area contributed by atoms with E-state index in [2.05, 4.69) is 37.4 Å². The second kappa shape index (κ2) is 8.03. The predicted molar refractivity (Wildman–Crippen MR) is 105 cm³/mol. The van der Waals surface area contributed by atoms with Crippen molar-refractivity contribution in [2.75, 3.05) is 0 Å². The van der Waals surface area contributed by atoms with E-state index < -0.39 is 0 Å². The molecule has 0 aliphatic carbocycles. The van der Waals surface area contributed by atoms with E-state index in [1.54, 1.807) is 22.7 Å². The minimum absolute atomic E-state index is 0.260. The molecule has 132 valence electrons. The smallest absolute Gasteiger partial charge is 0.277 e. The third-order valence-electron chi connectivity index (χ3n) is 3.46. The Hall–Kier alpha value is -2.16. The fraction of sp³-hybridized carbons (Fsp3) is 0.167. The maximum absolute atomic E-state index is 5.68. The lowest BCUT2D eigenvalue weighted by Gasteiger charge is -2.03. The summed E-state index contributed by atoms with van der Waals surface area (Å²) in [5, 5.41) is 15.9. The molecule has 0 spiro atoms. The van der Waals surface area contributed by atoms with Crippen molar-refractivity contribution in [1.82, 2.24) is 15.2 Å². The van der Waals surface area contributed by atoms with Crippen molar-refractivity contribution in [2.45, 2.75) is 24.5 Å². The molecule has 0 saturated carbocycles. The minimum atomic E-state index is 0.260. The Bertz CT molecular complexity index is 979. The van der Waals surface area contributed by atoms with Crippen molar-refractivity contribution in [3.63, 3.8) is 0 Å². The van der Waals surface area contributed by atoms with Gasteiger partial charge >= 0.3 is 0 Å². The highest BCUT2D eigenvalue weighted by Gasteiger charge is 2.10. The fourth-order valence-corrected chi connectivity index (χ4v) is 4.54. The number of rotatable bonds is 7. The summed E-state index contributed by atoms with van der Waals surface area (Å²) < 4.78 is 11.3. The number of hydrogen-bond acceptors (Lipinski definition) is 8. The topological polar surface area (TPSA) is 61.0 Å². The summed E-state index contributed by atoms with van der Waals surface area (Å²) in [5.41, 5.74) is 3.33. The van der Waals surface area contributed by atoms with Crippen LogP contribution in [0.2, 0.25) is 0 Å². The second-order valence-electron chi connectivity index (χ2n) is 5.51. The van der Waals surface area contributed by atoms with Crippen molar-refractivity contribution in [3.8, 4) is 16.3 Å². The van der Waals surface area contributed by atoms with Crippen LogP contribution >= 0.6 is 34.4 Å². The van der Waals surface area contributed by atoms with Gasteiger partial charge in [-0.05, 0) is 36.1 Å². The van der Waals surface area contributed by atoms with Gasteiger partial charge in [-0.15, -0.1) is 21.5 Å². The highest BCUT2D eigenvalue weighted by atomic mass is 32.2. The van der Waals surface area contributed by atoms with E-state index >= 15 is 0 Å². The minimum Gasteiger partial charge on any atom is -0.484 e. The first kappa shape index (κ1) is 17.3. The molecule has 5 nitrogen and oxygen atoms in total. The molecule has 0 aliphatic heterocycles. The largest absolute Gasteiger partial charge is 0.484 e. The van der Waals surface area contributed by atoms with Gasteiger partial charge in [0, 0.05) is 22.1 Å². The molecule has 0 radical (unpaired) electrons. The molecule has 3 heterocycles. The van der Waals surface area contributed by atoms with Crippen molar-refractivity contribution in [1.29, 1.82) is 0 Å². The molecule has 0 atom stereocenters. The van der Waals surface area contributed by atoms with Crippen LogP contribution in [0.1, 0.15) is 17.1 Å². The van der Waals surface area contributed by atoms with Gasteiger partial charge in [0.2, 0.25) is 0 Å². The van der Waals surface area contributed by atoms with Crippen molar-refractivity contribution in [2.24, 2.45) is 0 Å². The average molecular weight is 402 g/mol. The Morgan fingerprint density at radius 1 is 1.19 bits per heavy atom. The first-order chi connectivity index (χ1) is 12.8. The number of ether oxygens (including phenoxy) is 1. The third kappa shape index (κ3) is 4.32. The molecule has 8 heteroatoms. The summed E-state index contributed by atoms with van der Waals surface area (Å²) in [6.45, 7) is 2.28. The van der Waals surface area contributed by atoms with E-state index in [9.17, 15) is 0 Å². The predicted octanol–water partition coefficient (Wildman–Crippen LogP) is 5.43. The lowest BCUT2D eigenvalue weighted by molar-refractivity contribution is 0.252. The zero-order valence-corrected chi connectivity index (χ0v) is 16.4. The highest BCUT2D eigenvalue weighted by molar-refractivity contribution is 7.98. The summed E-state index contributed by atoms with van der Waals surface area (Å²) in [6.07, 6.45) is 0. The van der Waals surface area contributed by atoms with Crippen LogP contribution in [-0.2, 0) is 12.4 Å². The number of benzene rings is 1. The van der Waals surface area contributed by atoms with Crippen LogP contribution in [0, 0.1) is 6.92 Å². The molecular formula is C18H15N3O2S3. The zero-order chi connectivity index (χ0) is 17.8. The Balaban J connectivity index is 1.31. The van der Waals surface area contributed by atoms with Gasteiger partial charge in [-0.2, -0.15) is 11.3 Å². The van der Waals surface area contributed by atoms with Gasteiger partial charge in [0.1, 0.15) is 10.8 Å². The number of aryl methyl sites for hydroxylation is 1. The molecule has 4 rings (SSSR count). The molecule has 0 bridgehead atoms. The van der Waals surface area contributed by atoms with Crippen LogP contribution in [0.3, 0.4) is 0 Å². The lowest BCUT2D eigenvalue weighted by atomic mass is 10.2. The van der Waals surface area contributed by atoms with Crippen molar-refractivity contribution < 1.29 is 9.15 Å². The highest BCUT2D eigenvalue weighted by Crippen LogP contribution is 2.28. The van der Waals surface area contributed by atoms with E-state index in [4.69, 9.17) is 9.15 Å². The number of thiazole rings is 1. The molecule has 3 aromatic heterocycles. The standard InChI is InChI=1S/C18H15N3O2S3/c1-12-3-2-4-15(7-12)22-8-16-20-21-18(23-16)26-11-14-10-25-17(19-14)13-5-6-24-9-13/h2-7,9-10H,8,11H2,1H3. The Morgan fingerprint density at radius 3 is 3.00 bits per heavy atom. The molecule has 4 aromatic rings. The van der Waals surface area contributed by atoms with E-state index in [0.717, 1.165) is 22.0 Å². The third-order valence-corrected chi connectivity index (χ3v) is 5.94. The monoisotopic (exact) mass is 401 g/mol. The number of thiophene rings is 1. The summed E-state index contributed by atoms with van der Waals surface area (Å²) in [7, 11) is 0. The summed E-state index contributed by atoms with van der Waals surface area (Å²) in [4.78, 5) is 4.65. The normalized spacial score (nSPS) is 11.0. The number of aromatic nitrogens is 3.